The van der Waals surface area contributed by atoms with Gasteiger partial charge in [0.05, 0.1) is 11.4 Å². The average Bonchev–Trinajstić information content (AvgIpc) is 2.71. The normalized spacial score (nSPS) is 15.2. The molecule has 1 aromatic carbocycles. The average molecular weight is 408 g/mol. The molecule has 0 fully saturated rings. The lowest BCUT2D eigenvalue weighted by Gasteiger charge is -2.20. The van der Waals surface area contributed by atoms with Crippen LogP contribution < -0.4 is 10.6 Å². The van der Waals surface area contributed by atoms with Crippen LogP contribution in [-0.2, 0) is 0 Å². The Hall–Kier alpha value is -2.49. The Morgan fingerprint density at radius 2 is 1.90 bits per heavy atom. The van der Waals surface area contributed by atoms with Gasteiger partial charge in [-0.05, 0) is 64.2 Å². The molecule has 30 heavy (non-hydrogen) atoms. The van der Waals surface area contributed by atoms with Crippen LogP contribution in [0.5, 0.6) is 0 Å². The van der Waals surface area contributed by atoms with E-state index in [2.05, 4.69) is 79.9 Å². The molecule has 0 unspecified atom stereocenters. The zero-order valence-electron chi connectivity index (χ0n) is 19.2. The van der Waals surface area contributed by atoms with E-state index in [1.807, 2.05) is 13.0 Å². The van der Waals surface area contributed by atoms with Crippen molar-refractivity contribution in [1.82, 2.24) is 0 Å². The molecule has 0 saturated heterocycles. The van der Waals surface area contributed by atoms with Gasteiger partial charge in [-0.25, -0.2) is 4.39 Å². The second-order valence-corrected chi connectivity index (χ2v) is 7.80. The first-order valence-corrected chi connectivity index (χ1v) is 11.0. The molecule has 2 N–H and O–H groups in total. The van der Waals surface area contributed by atoms with Gasteiger partial charge in [0.15, 0.2) is 6.71 Å². The van der Waals surface area contributed by atoms with Gasteiger partial charge in [0.2, 0.25) is 0 Å². The van der Waals surface area contributed by atoms with E-state index in [1.54, 1.807) is 6.08 Å². The van der Waals surface area contributed by atoms with Crippen molar-refractivity contribution in [3.8, 4) is 0 Å². The molecule has 0 radical (unpaired) electrons. The van der Waals surface area contributed by atoms with E-state index in [4.69, 9.17) is 0 Å². The number of rotatable bonds is 9. The van der Waals surface area contributed by atoms with E-state index >= 15 is 0 Å². The predicted molar refractivity (Wildman–Crippen MR) is 135 cm³/mol. The van der Waals surface area contributed by atoms with Crippen LogP contribution in [0.15, 0.2) is 84.7 Å². The summed E-state index contributed by atoms with van der Waals surface area (Å²) in [6.07, 6.45) is 14.7. The molecule has 0 aliphatic heterocycles. The summed E-state index contributed by atoms with van der Waals surface area (Å²) >= 11 is 0. The second-order valence-electron chi connectivity index (χ2n) is 7.80. The number of hydrogen-bond acceptors (Lipinski definition) is 2. The molecule has 0 amide bonds. The first-order chi connectivity index (χ1) is 14.4. The van der Waals surface area contributed by atoms with Gasteiger partial charge in [0, 0.05) is 11.4 Å². The lowest BCUT2D eigenvalue weighted by molar-refractivity contribution is 0.365. The van der Waals surface area contributed by atoms with Crippen LogP contribution in [0.1, 0.15) is 46.0 Å². The van der Waals surface area contributed by atoms with Gasteiger partial charge in [-0.3, -0.25) is 0 Å². The lowest BCUT2D eigenvalue weighted by atomic mass is 9.48. The smallest absolute Gasteiger partial charge is 0.172 e. The quantitative estimate of drug-likeness (QED) is 0.244. The summed E-state index contributed by atoms with van der Waals surface area (Å²) in [6.45, 7) is 15.7. The van der Waals surface area contributed by atoms with E-state index in [0.717, 1.165) is 23.5 Å². The summed E-state index contributed by atoms with van der Waals surface area (Å²) in [5.74, 6) is 0. The van der Waals surface area contributed by atoms with Crippen LogP contribution in [0, 0.1) is 0 Å². The Bertz CT molecular complexity index is 760. The highest BCUT2D eigenvalue weighted by Crippen LogP contribution is 2.28. The zero-order valence-corrected chi connectivity index (χ0v) is 19.2. The topological polar surface area (TPSA) is 24.1 Å². The number of benzene rings is 1. The SMILES string of the molecule is C=C/C(B(C)C)=C(\C=C/C)Nc1ccccc1NC1=CCCCC1.C=CC[C@@H](C)F. The zero-order chi connectivity index (χ0) is 22.4. The maximum Gasteiger partial charge on any atom is 0.172 e. The van der Waals surface area contributed by atoms with Crippen molar-refractivity contribution in [2.75, 3.05) is 10.6 Å². The number of anilines is 2. The van der Waals surface area contributed by atoms with Crippen LogP contribution in [0.2, 0.25) is 13.6 Å². The Morgan fingerprint density at radius 3 is 2.37 bits per heavy atom. The maximum absolute atomic E-state index is 11.6. The first kappa shape index (κ1) is 25.6. The molecule has 4 heteroatoms. The summed E-state index contributed by atoms with van der Waals surface area (Å²) < 4.78 is 11.6. The third-order valence-electron chi connectivity index (χ3n) is 4.76. The minimum atomic E-state index is -0.720. The van der Waals surface area contributed by atoms with Crippen LogP contribution in [-0.4, -0.2) is 12.9 Å². The molecular formula is C26H38BFN2. The van der Waals surface area contributed by atoms with E-state index in [0.29, 0.717) is 13.1 Å². The molecule has 1 aliphatic carbocycles. The van der Waals surface area contributed by atoms with Gasteiger partial charge >= 0.3 is 0 Å². The number of allylic oxidation sites excluding steroid dienone is 7. The van der Waals surface area contributed by atoms with Crippen molar-refractivity contribution >= 4 is 18.1 Å². The molecule has 0 bridgehead atoms. The summed E-state index contributed by atoms with van der Waals surface area (Å²) in [5.41, 5.74) is 5.88. The van der Waals surface area contributed by atoms with Gasteiger partial charge in [-0.1, -0.05) is 62.1 Å². The van der Waals surface area contributed by atoms with Gasteiger partial charge in [-0.15, -0.1) is 6.58 Å². The number of alkyl halides is 1. The molecule has 0 heterocycles. The third-order valence-corrected chi connectivity index (χ3v) is 4.76. The summed E-state index contributed by atoms with van der Waals surface area (Å²) in [6, 6.07) is 8.40. The molecule has 1 aliphatic rings. The highest BCUT2D eigenvalue weighted by molar-refractivity contribution is 6.65. The van der Waals surface area contributed by atoms with Gasteiger partial charge in [-0.2, -0.15) is 0 Å². The lowest BCUT2D eigenvalue weighted by Crippen LogP contribution is -2.12. The summed E-state index contributed by atoms with van der Waals surface area (Å²) in [7, 11) is 0. The van der Waals surface area contributed by atoms with Crippen molar-refractivity contribution in [3.05, 3.63) is 84.7 Å². The van der Waals surface area contributed by atoms with Crippen LogP contribution in [0.4, 0.5) is 15.8 Å². The van der Waals surface area contributed by atoms with Crippen molar-refractivity contribution in [2.24, 2.45) is 0 Å². The Kier molecular flexibility index (Phi) is 12.3. The van der Waals surface area contributed by atoms with Crippen molar-refractivity contribution < 1.29 is 4.39 Å². The number of para-hydroxylation sites is 2. The second kappa shape index (κ2) is 14.5. The van der Waals surface area contributed by atoms with E-state index < -0.39 is 6.17 Å². The molecule has 2 nitrogen and oxygen atoms in total. The minimum absolute atomic E-state index is 0.419. The highest BCUT2D eigenvalue weighted by Gasteiger charge is 2.11. The molecule has 0 saturated carbocycles. The largest absolute Gasteiger partial charge is 0.358 e. The van der Waals surface area contributed by atoms with Crippen molar-refractivity contribution in [3.63, 3.8) is 0 Å². The fourth-order valence-corrected chi connectivity index (χ4v) is 3.23. The predicted octanol–water partition coefficient (Wildman–Crippen LogP) is 8.20. The van der Waals surface area contributed by atoms with E-state index in [-0.39, 0.29) is 0 Å². The van der Waals surface area contributed by atoms with Crippen LogP contribution in [0.3, 0.4) is 0 Å². The Labute approximate surface area is 183 Å². The third kappa shape index (κ3) is 9.34. The first-order valence-electron chi connectivity index (χ1n) is 11.0. The highest BCUT2D eigenvalue weighted by atomic mass is 19.1. The van der Waals surface area contributed by atoms with Crippen molar-refractivity contribution in [2.45, 2.75) is 65.8 Å². The van der Waals surface area contributed by atoms with E-state index in [9.17, 15) is 4.39 Å². The van der Waals surface area contributed by atoms with Crippen LogP contribution in [0.25, 0.3) is 0 Å². The minimum Gasteiger partial charge on any atom is -0.358 e. The Balaban J connectivity index is 0.000000656. The standard InChI is InChI=1S/C21H29BN2.C5H9F/c1-5-12-19(18(6-2)22(3)4)24-21-16-11-10-15-20(21)23-17-13-8-7-9-14-17;1-3-4-5(2)6/h5-6,10-13,15-16,23-24H,2,7-9,14H2,1,3-4H3;3,5H,1,4H2,2H3/b12-5-,19-18-;/t;5-/m.1/s1. The fraction of sp³-hybridized carbons (Fsp3) is 0.385. The summed E-state index contributed by atoms with van der Waals surface area (Å²) in [5, 5.41) is 7.21. The molecular weight excluding hydrogens is 370 g/mol. The molecule has 0 spiro atoms. The number of nitrogens with one attached hydrogen (secondary N) is 2. The van der Waals surface area contributed by atoms with E-state index in [1.165, 1.54) is 37.4 Å². The summed E-state index contributed by atoms with van der Waals surface area (Å²) in [4.78, 5) is 0. The fourth-order valence-electron chi connectivity index (χ4n) is 3.23. The molecule has 0 aromatic heterocycles. The van der Waals surface area contributed by atoms with Crippen molar-refractivity contribution in [1.29, 1.82) is 0 Å². The van der Waals surface area contributed by atoms with Crippen LogP contribution >= 0.6 is 0 Å². The maximum atomic E-state index is 11.6. The van der Waals surface area contributed by atoms with Gasteiger partial charge < -0.3 is 10.6 Å². The molecule has 2 rings (SSSR count). The van der Waals surface area contributed by atoms with Gasteiger partial charge in [0.25, 0.3) is 0 Å². The monoisotopic (exact) mass is 408 g/mol. The molecule has 1 aromatic rings. The molecule has 1 atom stereocenters. The Morgan fingerprint density at radius 1 is 1.20 bits per heavy atom. The number of halogens is 1. The van der Waals surface area contributed by atoms with Gasteiger partial charge in [0.1, 0.15) is 6.17 Å². The number of hydrogen-bond donors (Lipinski definition) is 2. The molecule has 162 valence electrons.